The van der Waals surface area contributed by atoms with Crippen molar-refractivity contribution in [3.05, 3.63) is 89.0 Å². The van der Waals surface area contributed by atoms with E-state index in [1.54, 1.807) is 13.2 Å². The molecule has 5 nitrogen and oxygen atoms in total. The molecule has 0 N–H and O–H groups in total. The van der Waals surface area contributed by atoms with Gasteiger partial charge in [0.2, 0.25) is 0 Å². The largest absolute Gasteiger partial charge is 0.497 e. The first-order valence-electron chi connectivity index (χ1n) is 11.8. The number of nitrogens with zero attached hydrogens (tertiary/aromatic N) is 2. The first kappa shape index (κ1) is 26.2. The van der Waals surface area contributed by atoms with Crippen molar-refractivity contribution in [2.24, 2.45) is 0 Å². The summed E-state index contributed by atoms with van der Waals surface area (Å²) in [5.74, 6) is 1.35. The highest BCUT2D eigenvalue weighted by molar-refractivity contribution is 6.08. The van der Waals surface area contributed by atoms with Crippen molar-refractivity contribution in [2.45, 2.75) is 13.5 Å². The topological polar surface area (TPSA) is 42.0 Å². The summed E-state index contributed by atoms with van der Waals surface area (Å²) in [7, 11) is 9.62. The molecule has 3 aromatic carbocycles. The lowest BCUT2D eigenvalue weighted by Crippen LogP contribution is -2.19. The Morgan fingerprint density at radius 3 is 2.40 bits per heavy atom. The quantitative estimate of drug-likeness (QED) is 0.270. The molecule has 35 heavy (non-hydrogen) atoms. The second-order valence-electron chi connectivity index (χ2n) is 9.18. The lowest BCUT2D eigenvalue weighted by Gasteiger charge is -2.15. The van der Waals surface area contributed by atoms with Gasteiger partial charge < -0.3 is 19.3 Å². The van der Waals surface area contributed by atoms with Gasteiger partial charge in [-0.15, -0.1) is 0 Å². The SMILES string of the molecule is COc1ccc(CN(C)C)c(C(=O)C=Cc2cc(-c3ccccc3C)ccc2OCCN(C)C)c1. The molecule has 0 aromatic heterocycles. The van der Waals surface area contributed by atoms with Crippen LogP contribution in [0.5, 0.6) is 11.5 Å². The van der Waals surface area contributed by atoms with Gasteiger partial charge >= 0.3 is 0 Å². The van der Waals surface area contributed by atoms with Gasteiger partial charge in [-0.3, -0.25) is 4.79 Å². The van der Waals surface area contributed by atoms with Crippen LogP contribution in [0.25, 0.3) is 17.2 Å². The summed E-state index contributed by atoms with van der Waals surface area (Å²) in [6, 6.07) is 20.1. The fourth-order valence-electron chi connectivity index (χ4n) is 3.86. The van der Waals surface area contributed by atoms with E-state index in [9.17, 15) is 4.79 Å². The summed E-state index contributed by atoms with van der Waals surface area (Å²) in [6.07, 6.45) is 3.48. The third-order valence-corrected chi connectivity index (χ3v) is 5.75. The van der Waals surface area contributed by atoms with Gasteiger partial charge in [-0.2, -0.15) is 0 Å². The summed E-state index contributed by atoms with van der Waals surface area (Å²) in [6.45, 7) is 4.14. The number of allylic oxidation sites excluding steroid dienone is 1. The van der Waals surface area contributed by atoms with Crippen molar-refractivity contribution in [3.8, 4) is 22.6 Å². The van der Waals surface area contributed by atoms with Crippen molar-refractivity contribution in [3.63, 3.8) is 0 Å². The van der Waals surface area contributed by atoms with Crippen LogP contribution >= 0.6 is 0 Å². The molecule has 0 saturated carbocycles. The van der Waals surface area contributed by atoms with E-state index in [1.807, 2.05) is 75.6 Å². The smallest absolute Gasteiger partial charge is 0.186 e. The van der Waals surface area contributed by atoms with Crippen molar-refractivity contribution < 1.29 is 14.3 Å². The number of ether oxygens (including phenoxy) is 2. The maximum Gasteiger partial charge on any atom is 0.186 e. The molecule has 0 saturated heterocycles. The third kappa shape index (κ3) is 7.28. The van der Waals surface area contributed by atoms with Crippen LogP contribution in [0, 0.1) is 6.92 Å². The number of benzene rings is 3. The summed E-state index contributed by atoms with van der Waals surface area (Å²) in [4.78, 5) is 17.4. The van der Waals surface area contributed by atoms with Gasteiger partial charge in [0, 0.05) is 24.2 Å². The van der Waals surface area contributed by atoms with E-state index in [-0.39, 0.29) is 5.78 Å². The minimum atomic E-state index is -0.0683. The molecule has 0 aliphatic rings. The molecule has 0 spiro atoms. The zero-order valence-electron chi connectivity index (χ0n) is 21.7. The van der Waals surface area contributed by atoms with E-state index in [1.165, 1.54) is 5.56 Å². The summed E-state index contributed by atoms with van der Waals surface area (Å²) < 4.78 is 11.5. The number of hydrogen-bond donors (Lipinski definition) is 0. The fourth-order valence-corrected chi connectivity index (χ4v) is 3.86. The zero-order valence-corrected chi connectivity index (χ0v) is 21.7. The maximum atomic E-state index is 13.3. The predicted octanol–water partition coefficient (Wildman–Crippen LogP) is 5.57. The molecule has 0 unspecified atom stereocenters. The van der Waals surface area contributed by atoms with Crippen molar-refractivity contribution in [1.82, 2.24) is 9.80 Å². The lowest BCUT2D eigenvalue weighted by atomic mass is 9.97. The summed E-state index contributed by atoms with van der Waals surface area (Å²) in [5.41, 5.74) is 5.92. The molecule has 5 heteroatoms. The first-order chi connectivity index (χ1) is 16.8. The Balaban J connectivity index is 1.97. The zero-order chi connectivity index (χ0) is 25.4. The molecular weight excluding hydrogens is 436 g/mol. The Morgan fingerprint density at radius 2 is 1.71 bits per heavy atom. The molecule has 0 radical (unpaired) electrons. The van der Waals surface area contributed by atoms with Gasteiger partial charge in [0.25, 0.3) is 0 Å². The number of carbonyl (C=O) groups excluding carboxylic acids is 1. The van der Waals surface area contributed by atoms with Crippen LogP contribution in [0.2, 0.25) is 0 Å². The Bertz CT molecular complexity index is 1180. The van der Waals surface area contributed by atoms with E-state index in [4.69, 9.17) is 9.47 Å². The standard InChI is InChI=1S/C30H36N2O3/c1-22-9-7-8-10-27(22)23-13-16-30(35-18-17-31(2)3)24(19-23)12-15-29(33)28-20-26(34-6)14-11-25(28)21-32(4)5/h7-16,19-20H,17-18,21H2,1-6H3. The Kier molecular flexibility index (Phi) is 9.24. The number of aryl methyl sites for hydroxylation is 1. The van der Waals surface area contributed by atoms with Crippen LogP contribution in [0.15, 0.2) is 66.7 Å². The van der Waals surface area contributed by atoms with Crippen LogP contribution in [0.4, 0.5) is 0 Å². The number of ketones is 1. The summed E-state index contributed by atoms with van der Waals surface area (Å²) >= 11 is 0. The van der Waals surface area contributed by atoms with E-state index < -0.39 is 0 Å². The van der Waals surface area contributed by atoms with E-state index in [0.29, 0.717) is 24.5 Å². The molecular formula is C30H36N2O3. The van der Waals surface area contributed by atoms with Crippen LogP contribution < -0.4 is 9.47 Å². The van der Waals surface area contributed by atoms with Gasteiger partial charge in [-0.1, -0.05) is 36.4 Å². The molecule has 3 rings (SSSR count). The average molecular weight is 473 g/mol. The van der Waals surface area contributed by atoms with Crippen LogP contribution in [0.3, 0.4) is 0 Å². The summed E-state index contributed by atoms with van der Waals surface area (Å²) in [5, 5.41) is 0. The minimum absolute atomic E-state index is 0.0683. The Labute approximate surface area is 209 Å². The number of hydrogen-bond acceptors (Lipinski definition) is 5. The predicted molar refractivity (Wildman–Crippen MR) is 144 cm³/mol. The van der Waals surface area contributed by atoms with E-state index in [2.05, 4.69) is 36.1 Å². The van der Waals surface area contributed by atoms with Gasteiger partial charge in [-0.25, -0.2) is 0 Å². The maximum absolute atomic E-state index is 13.3. The Hall–Kier alpha value is -3.41. The first-order valence-corrected chi connectivity index (χ1v) is 11.8. The molecule has 0 bridgehead atoms. The second kappa shape index (κ2) is 12.3. The highest BCUT2D eigenvalue weighted by Gasteiger charge is 2.13. The highest BCUT2D eigenvalue weighted by Crippen LogP contribution is 2.30. The molecule has 0 aliphatic carbocycles. The van der Waals surface area contributed by atoms with Gasteiger partial charge in [0.15, 0.2) is 5.78 Å². The van der Waals surface area contributed by atoms with Gasteiger partial charge in [-0.05, 0) is 93.8 Å². The van der Waals surface area contributed by atoms with Gasteiger partial charge in [0.1, 0.15) is 18.1 Å². The molecule has 0 fully saturated rings. The van der Waals surface area contributed by atoms with Crippen molar-refractivity contribution in [1.29, 1.82) is 0 Å². The molecule has 0 atom stereocenters. The normalized spacial score (nSPS) is 11.4. The van der Waals surface area contributed by atoms with Crippen molar-refractivity contribution >= 4 is 11.9 Å². The highest BCUT2D eigenvalue weighted by atomic mass is 16.5. The van der Waals surface area contributed by atoms with Crippen molar-refractivity contribution in [2.75, 3.05) is 48.5 Å². The lowest BCUT2D eigenvalue weighted by molar-refractivity contribution is 0.104. The molecule has 0 heterocycles. The molecule has 0 amide bonds. The number of carbonyl (C=O) groups is 1. The third-order valence-electron chi connectivity index (χ3n) is 5.75. The number of methoxy groups -OCH3 is 1. The fraction of sp³-hybridized carbons (Fsp3) is 0.300. The molecule has 3 aromatic rings. The molecule has 184 valence electrons. The number of rotatable bonds is 11. The van der Waals surface area contributed by atoms with Crippen LogP contribution in [-0.2, 0) is 6.54 Å². The van der Waals surface area contributed by atoms with E-state index >= 15 is 0 Å². The van der Waals surface area contributed by atoms with Crippen LogP contribution in [-0.4, -0.2) is 64.0 Å². The second-order valence-corrected chi connectivity index (χ2v) is 9.18. The monoisotopic (exact) mass is 472 g/mol. The van der Waals surface area contributed by atoms with E-state index in [0.717, 1.165) is 34.5 Å². The van der Waals surface area contributed by atoms with Crippen LogP contribution in [0.1, 0.15) is 27.0 Å². The average Bonchev–Trinajstić information content (AvgIpc) is 2.83. The minimum Gasteiger partial charge on any atom is -0.497 e. The Morgan fingerprint density at radius 1 is 0.943 bits per heavy atom. The number of likely N-dealkylation sites (N-methyl/N-ethyl adjacent to an activating group) is 1. The van der Waals surface area contributed by atoms with Gasteiger partial charge in [0.05, 0.1) is 7.11 Å². The molecule has 0 aliphatic heterocycles.